The molecule has 0 saturated carbocycles. The molecule has 2 heterocycles. The second-order valence-electron chi connectivity index (χ2n) is 4.57. The predicted molar refractivity (Wildman–Crippen MR) is 75.6 cm³/mol. The molecule has 2 rings (SSSR count). The molecule has 1 fully saturated rings. The number of nitrogens with one attached hydrogen (secondary N) is 1. The van der Waals surface area contributed by atoms with Gasteiger partial charge in [0.15, 0.2) is 10.3 Å². The lowest BCUT2D eigenvalue weighted by atomic mass is 10.0. The highest BCUT2D eigenvalue weighted by Crippen LogP contribution is 2.29. The highest BCUT2D eigenvalue weighted by molar-refractivity contribution is 6.33. The van der Waals surface area contributed by atoms with Crippen LogP contribution in [0.5, 0.6) is 0 Å². The third kappa shape index (κ3) is 2.87. The highest BCUT2D eigenvalue weighted by Gasteiger charge is 2.28. The largest absolute Gasteiger partial charge is 0.363 e. The Morgan fingerprint density at radius 3 is 2.78 bits per heavy atom. The number of hydrogen-bond acceptors (Lipinski definition) is 4. The Labute approximate surface area is 118 Å². The molecule has 0 spiro atoms. The number of piperazine rings is 1. The van der Waals surface area contributed by atoms with Crippen LogP contribution in [0.15, 0.2) is 6.07 Å². The van der Waals surface area contributed by atoms with Crippen molar-refractivity contribution in [3.63, 3.8) is 0 Å². The van der Waals surface area contributed by atoms with Crippen LogP contribution in [0.25, 0.3) is 0 Å². The summed E-state index contributed by atoms with van der Waals surface area (Å²) < 4.78 is 0. The predicted octanol–water partition coefficient (Wildman–Crippen LogP) is 2.75. The summed E-state index contributed by atoms with van der Waals surface area (Å²) in [6.07, 6.45) is 2.15. The van der Waals surface area contributed by atoms with Crippen molar-refractivity contribution in [1.82, 2.24) is 15.5 Å². The van der Waals surface area contributed by atoms with Gasteiger partial charge in [-0.15, -0.1) is 10.2 Å². The molecule has 0 radical (unpaired) electrons. The van der Waals surface area contributed by atoms with Crippen molar-refractivity contribution in [3.05, 3.63) is 16.4 Å². The summed E-state index contributed by atoms with van der Waals surface area (Å²) in [5.41, 5.74) is 0.892. The van der Waals surface area contributed by atoms with Gasteiger partial charge >= 0.3 is 0 Å². The number of rotatable bonds is 3. The molecule has 2 unspecified atom stereocenters. The fourth-order valence-corrected chi connectivity index (χ4v) is 2.68. The molecule has 1 saturated heterocycles. The minimum atomic E-state index is 0.385. The molecule has 0 amide bonds. The Bertz CT molecular complexity index is 413. The van der Waals surface area contributed by atoms with E-state index < -0.39 is 0 Å². The maximum absolute atomic E-state index is 6.15. The van der Waals surface area contributed by atoms with Gasteiger partial charge in [0.1, 0.15) is 0 Å². The molecule has 0 bridgehead atoms. The third-order valence-electron chi connectivity index (χ3n) is 3.47. The lowest BCUT2D eigenvalue weighted by Crippen LogP contribution is -2.56. The van der Waals surface area contributed by atoms with Crippen molar-refractivity contribution >= 4 is 28.9 Å². The van der Waals surface area contributed by atoms with Gasteiger partial charge in [-0.1, -0.05) is 37.0 Å². The van der Waals surface area contributed by atoms with Crippen LogP contribution in [-0.4, -0.2) is 35.4 Å². The van der Waals surface area contributed by atoms with Gasteiger partial charge < -0.3 is 10.2 Å². The molecule has 1 aromatic heterocycles. The van der Waals surface area contributed by atoms with E-state index in [0.717, 1.165) is 31.6 Å². The third-order valence-corrected chi connectivity index (χ3v) is 3.93. The Morgan fingerprint density at radius 2 is 2.11 bits per heavy atom. The van der Waals surface area contributed by atoms with E-state index in [1.807, 2.05) is 0 Å². The molecular weight excluding hydrogens is 271 g/mol. The zero-order valence-electron chi connectivity index (χ0n) is 10.7. The smallest absolute Gasteiger partial charge is 0.175 e. The molecule has 0 aliphatic carbocycles. The molecule has 6 heteroatoms. The van der Waals surface area contributed by atoms with E-state index in [1.54, 1.807) is 6.07 Å². The molecule has 1 aliphatic rings. The average Bonchev–Trinajstić information content (AvgIpc) is 2.40. The van der Waals surface area contributed by atoms with Gasteiger partial charge in [0.2, 0.25) is 0 Å². The van der Waals surface area contributed by atoms with Crippen LogP contribution in [0.3, 0.4) is 0 Å². The first kappa shape index (κ1) is 13.8. The maximum Gasteiger partial charge on any atom is 0.175 e. The lowest BCUT2D eigenvalue weighted by Gasteiger charge is -2.41. The van der Waals surface area contributed by atoms with Crippen LogP contribution in [0, 0.1) is 0 Å². The van der Waals surface area contributed by atoms with Crippen LogP contribution >= 0.6 is 23.2 Å². The molecular formula is C12H18Cl2N4. The van der Waals surface area contributed by atoms with Gasteiger partial charge in [0, 0.05) is 31.2 Å². The summed E-state index contributed by atoms with van der Waals surface area (Å²) in [7, 11) is 0. The van der Waals surface area contributed by atoms with Crippen LogP contribution in [0.1, 0.15) is 26.7 Å². The van der Waals surface area contributed by atoms with Crippen LogP contribution in [0.2, 0.25) is 10.3 Å². The summed E-state index contributed by atoms with van der Waals surface area (Å²) in [6, 6.07) is 2.71. The fraction of sp³-hybridized carbons (Fsp3) is 0.667. The van der Waals surface area contributed by atoms with Gasteiger partial charge in [-0.25, -0.2) is 0 Å². The summed E-state index contributed by atoms with van der Waals surface area (Å²) >= 11 is 12.1. The molecule has 0 aromatic carbocycles. The average molecular weight is 289 g/mol. The summed E-state index contributed by atoms with van der Waals surface area (Å²) in [6.45, 7) is 6.25. The van der Waals surface area contributed by atoms with Gasteiger partial charge in [0.25, 0.3) is 0 Å². The normalized spacial score (nSPS) is 24.3. The van der Waals surface area contributed by atoms with E-state index >= 15 is 0 Å². The monoisotopic (exact) mass is 288 g/mol. The first-order valence-corrected chi connectivity index (χ1v) is 7.10. The second kappa shape index (κ2) is 6.04. The molecule has 100 valence electrons. The van der Waals surface area contributed by atoms with Gasteiger partial charge in [-0.05, 0) is 12.8 Å². The minimum Gasteiger partial charge on any atom is -0.363 e. The Balaban J connectivity index is 2.29. The van der Waals surface area contributed by atoms with Crippen molar-refractivity contribution in [3.8, 4) is 0 Å². The zero-order valence-corrected chi connectivity index (χ0v) is 12.2. The van der Waals surface area contributed by atoms with Gasteiger partial charge in [-0.2, -0.15) is 0 Å². The number of aromatic nitrogens is 2. The number of nitrogens with zero attached hydrogens (tertiary/aromatic N) is 3. The van der Waals surface area contributed by atoms with Crippen LogP contribution in [0.4, 0.5) is 5.69 Å². The van der Waals surface area contributed by atoms with Crippen molar-refractivity contribution in [2.24, 2.45) is 0 Å². The molecule has 1 aromatic rings. The number of hydrogen-bond donors (Lipinski definition) is 1. The molecule has 1 aliphatic heterocycles. The Morgan fingerprint density at radius 1 is 1.33 bits per heavy atom. The van der Waals surface area contributed by atoms with E-state index in [2.05, 4.69) is 34.3 Å². The van der Waals surface area contributed by atoms with E-state index in [-0.39, 0.29) is 0 Å². The SMILES string of the molecule is CCC1CN(c2cc(Cl)nnc2Cl)C(CC)CN1. The number of anilines is 1. The maximum atomic E-state index is 6.15. The van der Waals surface area contributed by atoms with Crippen LogP contribution in [-0.2, 0) is 0 Å². The van der Waals surface area contributed by atoms with Crippen molar-refractivity contribution in [1.29, 1.82) is 0 Å². The van der Waals surface area contributed by atoms with E-state index in [4.69, 9.17) is 23.2 Å². The zero-order chi connectivity index (χ0) is 13.1. The minimum absolute atomic E-state index is 0.385. The first-order chi connectivity index (χ1) is 8.65. The Kier molecular flexibility index (Phi) is 4.65. The van der Waals surface area contributed by atoms with Gasteiger partial charge in [-0.3, -0.25) is 0 Å². The molecule has 1 N–H and O–H groups in total. The van der Waals surface area contributed by atoms with Crippen molar-refractivity contribution in [2.45, 2.75) is 38.8 Å². The summed E-state index contributed by atoms with van der Waals surface area (Å²) in [5, 5.41) is 12.0. The highest BCUT2D eigenvalue weighted by atomic mass is 35.5. The second-order valence-corrected chi connectivity index (χ2v) is 5.32. The Hall–Kier alpha value is -0.580. The topological polar surface area (TPSA) is 41.1 Å². The van der Waals surface area contributed by atoms with E-state index in [1.165, 1.54) is 0 Å². The van der Waals surface area contributed by atoms with Crippen LogP contribution < -0.4 is 10.2 Å². The standard InChI is InChI=1S/C12H18Cl2N4/c1-3-8-7-18(9(4-2)6-15-8)10-5-11(13)16-17-12(10)14/h5,8-9,15H,3-4,6-7H2,1-2H3. The van der Waals surface area contributed by atoms with Crippen molar-refractivity contribution < 1.29 is 0 Å². The van der Waals surface area contributed by atoms with E-state index in [0.29, 0.717) is 22.4 Å². The molecule has 18 heavy (non-hydrogen) atoms. The van der Waals surface area contributed by atoms with Gasteiger partial charge in [0.05, 0.1) is 5.69 Å². The molecule has 4 nitrogen and oxygen atoms in total. The number of halogens is 2. The summed E-state index contributed by atoms with van der Waals surface area (Å²) in [4.78, 5) is 2.30. The van der Waals surface area contributed by atoms with E-state index in [9.17, 15) is 0 Å². The quantitative estimate of drug-likeness (QED) is 0.929. The fourth-order valence-electron chi connectivity index (χ4n) is 2.34. The lowest BCUT2D eigenvalue weighted by molar-refractivity contribution is 0.378. The first-order valence-electron chi connectivity index (χ1n) is 6.34. The van der Waals surface area contributed by atoms with Crippen molar-refractivity contribution in [2.75, 3.05) is 18.0 Å². The summed E-state index contributed by atoms with van der Waals surface area (Å²) in [5.74, 6) is 0. The molecule has 2 atom stereocenters.